The van der Waals surface area contributed by atoms with Crippen molar-refractivity contribution in [3.8, 4) is 6.07 Å². The van der Waals surface area contributed by atoms with Crippen molar-refractivity contribution in [2.45, 2.75) is 64.0 Å². The second-order valence-electron chi connectivity index (χ2n) is 7.34. The minimum atomic E-state index is -0.339. The fourth-order valence-corrected chi connectivity index (χ4v) is 4.19. The first-order valence-corrected chi connectivity index (χ1v) is 9.93. The van der Waals surface area contributed by atoms with Gasteiger partial charge in [0.1, 0.15) is 6.07 Å². The van der Waals surface area contributed by atoms with Crippen LogP contribution in [0.1, 0.15) is 67.8 Å². The average molecular weight is 355 g/mol. The van der Waals surface area contributed by atoms with Gasteiger partial charge in [-0.1, -0.05) is 6.42 Å². The minimum Gasteiger partial charge on any atom is -0.462 e. The van der Waals surface area contributed by atoms with E-state index in [0.717, 1.165) is 24.6 Å². The van der Waals surface area contributed by atoms with Gasteiger partial charge in [0.05, 0.1) is 23.4 Å². The number of carbonyl (C=O) groups is 1. The number of nitriles is 1. The Balaban J connectivity index is 1.61. The second kappa shape index (κ2) is 9.05. The highest BCUT2D eigenvalue weighted by Crippen LogP contribution is 2.29. The number of nitrogens with one attached hydrogen (secondary N) is 1. The summed E-state index contributed by atoms with van der Waals surface area (Å²) in [7, 11) is 0. The minimum absolute atomic E-state index is 0.339. The molecule has 1 aromatic rings. The molecule has 1 N–H and O–H groups in total. The normalized spacial score (nSPS) is 23.8. The number of carbonyl (C=O) groups excluding carboxylic acids is 1. The Morgan fingerprint density at radius 2 is 1.96 bits per heavy atom. The predicted molar refractivity (Wildman–Crippen MR) is 102 cm³/mol. The molecule has 0 radical (unpaired) electrons. The van der Waals surface area contributed by atoms with E-state index < -0.39 is 0 Å². The van der Waals surface area contributed by atoms with Crippen LogP contribution < -0.4 is 5.32 Å². The third kappa shape index (κ3) is 4.56. The summed E-state index contributed by atoms with van der Waals surface area (Å²) < 4.78 is 5.07. The van der Waals surface area contributed by atoms with Crippen LogP contribution >= 0.6 is 0 Å². The number of anilines is 1. The average Bonchev–Trinajstić information content (AvgIpc) is 2.69. The molecule has 2 fully saturated rings. The first-order chi connectivity index (χ1) is 12.7. The summed E-state index contributed by atoms with van der Waals surface area (Å²) in [5, 5.41) is 12.9. The van der Waals surface area contributed by atoms with Gasteiger partial charge in [-0.15, -0.1) is 0 Å². The summed E-state index contributed by atoms with van der Waals surface area (Å²) in [4.78, 5) is 14.6. The van der Waals surface area contributed by atoms with Crippen LogP contribution in [0.25, 0.3) is 0 Å². The number of ether oxygens (including phenoxy) is 1. The monoisotopic (exact) mass is 355 g/mol. The van der Waals surface area contributed by atoms with E-state index in [2.05, 4.69) is 16.3 Å². The summed E-state index contributed by atoms with van der Waals surface area (Å²) in [5.41, 5.74) is 1.83. The van der Waals surface area contributed by atoms with Crippen molar-refractivity contribution in [3.63, 3.8) is 0 Å². The highest BCUT2D eigenvalue weighted by Gasteiger charge is 2.27. The van der Waals surface area contributed by atoms with Crippen molar-refractivity contribution in [2.24, 2.45) is 0 Å². The molecule has 0 spiro atoms. The Morgan fingerprint density at radius 3 is 2.62 bits per heavy atom. The van der Waals surface area contributed by atoms with E-state index in [1.54, 1.807) is 25.1 Å². The largest absolute Gasteiger partial charge is 0.462 e. The smallest absolute Gasteiger partial charge is 0.338 e. The molecule has 1 heterocycles. The van der Waals surface area contributed by atoms with Gasteiger partial charge >= 0.3 is 5.97 Å². The summed E-state index contributed by atoms with van der Waals surface area (Å²) in [6.07, 6.45) is 8.68. The topological polar surface area (TPSA) is 65.4 Å². The third-order valence-electron chi connectivity index (χ3n) is 5.61. The van der Waals surface area contributed by atoms with Gasteiger partial charge in [-0.2, -0.15) is 5.26 Å². The number of esters is 1. The van der Waals surface area contributed by atoms with Gasteiger partial charge in [-0.3, -0.25) is 0 Å². The fraction of sp³-hybridized carbons (Fsp3) is 0.619. The molecule has 3 rings (SSSR count). The third-order valence-corrected chi connectivity index (χ3v) is 5.61. The SMILES string of the molecule is CCOC(=O)c1ccc(C#N)c(NC2CCC(N3CCCCC3)CC2)c1. The number of piperidine rings is 1. The van der Waals surface area contributed by atoms with E-state index >= 15 is 0 Å². The van der Waals surface area contributed by atoms with Crippen LogP contribution in [-0.2, 0) is 4.74 Å². The first-order valence-electron chi connectivity index (χ1n) is 9.93. The molecule has 140 valence electrons. The molecule has 2 aliphatic rings. The molecular formula is C21H29N3O2. The van der Waals surface area contributed by atoms with Gasteiger partial charge < -0.3 is 15.0 Å². The standard InChI is InChI=1S/C21H29N3O2/c1-2-26-21(25)16-6-7-17(15-22)20(14-16)23-18-8-10-19(11-9-18)24-12-4-3-5-13-24/h6-7,14,18-19,23H,2-5,8-13H2,1H3. The van der Waals surface area contributed by atoms with E-state index in [-0.39, 0.29) is 5.97 Å². The summed E-state index contributed by atoms with van der Waals surface area (Å²) in [6.45, 7) is 4.65. The van der Waals surface area contributed by atoms with Crippen molar-refractivity contribution in [2.75, 3.05) is 25.0 Å². The van der Waals surface area contributed by atoms with E-state index in [1.807, 2.05) is 0 Å². The van der Waals surface area contributed by atoms with Crippen molar-refractivity contribution < 1.29 is 9.53 Å². The molecule has 1 aromatic carbocycles. The zero-order chi connectivity index (χ0) is 18.4. The first kappa shape index (κ1) is 18.7. The Bertz CT molecular complexity index is 654. The molecule has 0 bridgehead atoms. The Morgan fingerprint density at radius 1 is 1.23 bits per heavy atom. The summed E-state index contributed by atoms with van der Waals surface area (Å²) in [6, 6.07) is 8.42. The van der Waals surface area contributed by atoms with Crippen LogP contribution in [-0.4, -0.2) is 42.6 Å². The number of hydrogen-bond donors (Lipinski definition) is 1. The van der Waals surface area contributed by atoms with Gasteiger partial charge in [0, 0.05) is 12.1 Å². The van der Waals surface area contributed by atoms with E-state index in [9.17, 15) is 10.1 Å². The Kier molecular flexibility index (Phi) is 6.51. The highest BCUT2D eigenvalue weighted by molar-refractivity contribution is 5.91. The molecule has 1 aliphatic heterocycles. The molecule has 5 heteroatoms. The van der Waals surface area contributed by atoms with E-state index in [0.29, 0.717) is 23.8 Å². The molecule has 0 unspecified atom stereocenters. The molecule has 0 atom stereocenters. The van der Waals surface area contributed by atoms with Crippen LogP contribution in [0.3, 0.4) is 0 Å². The number of nitrogens with zero attached hydrogens (tertiary/aromatic N) is 2. The molecule has 1 aliphatic carbocycles. The maximum Gasteiger partial charge on any atom is 0.338 e. The number of benzene rings is 1. The maximum atomic E-state index is 12.0. The van der Waals surface area contributed by atoms with Gasteiger partial charge in [0.2, 0.25) is 0 Å². The van der Waals surface area contributed by atoms with Crippen molar-refractivity contribution in [1.29, 1.82) is 5.26 Å². The molecular weight excluding hydrogens is 326 g/mol. The fourth-order valence-electron chi connectivity index (χ4n) is 4.19. The van der Waals surface area contributed by atoms with Gasteiger partial charge in [-0.05, 0) is 76.7 Å². The number of likely N-dealkylation sites (tertiary alicyclic amines) is 1. The van der Waals surface area contributed by atoms with Gasteiger partial charge in [0.15, 0.2) is 0 Å². The summed E-state index contributed by atoms with van der Waals surface area (Å²) in [5.74, 6) is -0.339. The molecule has 26 heavy (non-hydrogen) atoms. The Labute approximate surface area is 156 Å². The second-order valence-corrected chi connectivity index (χ2v) is 7.34. The molecule has 0 amide bonds. The van der Waals surface area contributed by atoms with Crippen LogP contribution in [0, 0.1) is 11.3 Å². The quantitative estimate of drug-likeness (QED) is 0.810. The number of hydrogen-bond acceptors (Lipinski definition) is 5. The van der Waals surface area contributed by atoms with Crippen LogP contribution in [0.5, 0.6) is 0 Å². The molecule has 5 nitrogen and oxygen atoms in total. The van der Waals surface area contributed by atoms with Crippen LogP contribution in [0.15, 0.2) is 18.2 Å². The van der Waals surface area contributed by atoms with Gasteiger partial charge in [-0.25, -0.2) is 4.79 Å². The lowest BCUT2D eigenvalue weighted by molar-refractivity contribution is 0.0526. The summed E-state index contributed by atoms with van der Waals surface area (Å²) >= 11 is 0. The van der Waals surface area contributed by atoms with Crippen LogP contribution in [0.2, 0.25) is 0 Å². The zero-order valence-corrected chi connectivity index (χ0v) is 15.7. The van der Waals surface area contributed by atoms with E-state index in [1.165, 1.54) is 45.2 Å². The lowest BCUT2D eigenvalue weighted by Gasteiger charge is -2.39. The lowest BCUT2D eigenvalue weighted by atomic mass is 9.89. The van der Waals surface area contributed by atoms with E-state index in [4.69, 9.17) is 4.74 Å². The zero-order valence-electron chi connectivity index (χ0n) is 15.7. The highest BCUT2D eigenvalue weighted by atomic mass is 16.5. The van der Waals surface area contributed by atoms with Crippen molar-refractivity contribution >= 4 is 11.7 Å². The maximum absolute atomic E-state index is 12.0. The van der Waals surface area contributed by atoms with Crippen molar-refractivity contribution in [3.05, 3.63) is 29.3 Å². The van der Waals surface area contributed by atoms with Crippen molar-refractivity contribution in [1.82, 2.24) is 4.90 Å². The molecule has 1 saturated carbocycles. The lowest BCUT2D eigenvalue weighted by Crippen LogP contribution is -2.43. The molecule has 1 saturated heterocycles. The number of rotatable bonds is 5. The van der Waals surface area contributed by atoms with Crippen LogP contribution in [0.4, 0.5) is 5.69 Å². The Hall–Kier alpha value is -2.06. The predicted octanol–water partition coefficient (Wildman–Crippen LogP) is 3.94. The van der Waals surface area contributed by atoms with Gasteiger partial charge in [0.25, 0.3) is 0 Å². The molecule has 0 aromatic heterocycles.